The molecule has 0 saturated heterocycles. The van der Waals surface area contributed by atoms with E-state index in [1.807, 2.05) is 11.8 Å². The summed E-state index contributed by atoms with van der Waals surface area (Å²) in [6.45, 7) is 10.9. The average molecular weight is 251 g/mol. The number of rotatable bonds is 4. The molecule has 1 rings (SSSR count). The largest absolute Gasteiger partial charge is 0.326 e. The smallest absolute Gasteiger partial charge is 0.0105 e. The Balaban J connectivity index is 2.52. The first kappa shape index (κ1) is 14.6. The van der Waals surface area contributed by atoms with Gasteiger partial charge in [-0.2, -0.15) is 0 Å². The lowest BCUT2D eigenvalue weighted by Gasteiger charge is -2.19. The van der Waals surface area contributed by atoms with Crippen LogP contribution < -0.4 is 5.73 Å². The molecule has 0 heterocycles. The van der Waals surface area contributed by atoms with Crippen molar-refractivity contribution in [3.8, 4) is 0 Å². The van der Waals surface area contributed by atoms with Gasteiger partial charge in [0.05, 0.1) is 0 Å². The van der Waals surface area contributed by atoms with E-state index >= 15 is 0 Å². The molecular weight excluding hydrogens is 226 g/mol. The van der Waals surface area contributed by atoms with Crippen molar-refractivity contribution in [1.82, 2.24) is 0 Å². The number of benzene rings is 1. The second-order valence-electron chi connectivity index (χ2n) is 6.36. The fraction of sp³-hybridized carbons (Fsp3) is 0.600. The zero-order valence-corrected chi connectivity index (χ0v) is 12.5. The third-order valence-corrected chi connectivity index (χ3v) is 3.75. The third-order valence-electron chi connectivity index (χ3n) is 2.74. The predicted molar refractivity (Wildman–Crippen MR) is 78.7 cm³/mol. The van der Waals surface area contributed by atoms with Crippen LogP contribution in [0, 0.1) is 0 Å². The number of hydrogen-bond acceptors (Lipinski definition) is 2. The molecule has 0 spiro atoms. The van der Waals surface area contributed by atoms with E-state index < -0.39 is 0 Å². The Morgan fingerprint density at radius 3 is 1.94 bits per heavy atom. The van der Waals surface area contributed by atoms with E-state index in [1.165, 1.54) is 10.5 Å². The standard InChI is InChI=1S/C15H25NS/c1-14(2,3)12-6-8-13(9-7-12)17-11-10-15(4,5)16/h6-9H,10-11,16H2,1-5H3. The lowest BCUT2D eigenvalue weighted by atomic mass is 9.87. The first-order valence-electron chi connectivity index (χ1n) is 6.21. The first-order valence-corrected chi connectivity index (χ1v) is 7.19. The molecular formula is C15H25NS. The molecule has 17 heavy (non-hydrogen) atoms. The molecule has 1 aromatic carbocycles. The van der Waals surface area contributed by atoms with Gasteiger partial charge in [0.1, 0.15) is 0 Å². The number of thioether (sulfide) groups is 1. The zero-order valence-electron chi connectivity index (χ0n) is 11.7. The molecule has 0 radical (unpaired) electrons. The van der Waals surface area contributed by atoms with Crippen LogP contribution in [0.15, 0.2) is 29.2 Å². The second kappa shape index (κ2) is 5.45. The number of nitrogens with two attached hydrogens (primary N) is 1. The molecule has 0 aliphatic carbocycles. The van der Waals surface area contributed by atoms with Crippen molar-refractivity contribution in [2.75, 3.05) is 5.75 Å². The molecule has 0 atom stereocenters. The maximum atomic E-state index is 5.97. The van der Waals surface area contributed by atoms with Gasteiger partial charge in [-0.15, -0.1) is 11.8 Å². The molecule has 0 aliphatic rings. The molecule has 0 fully saturated rings. The maximum Gasteiger partial charge on any atom is 0.0105 e. The topological polar surface area (TPSA) is 26.0 Å². The minimum absolute atomic E-state index is 0.0572. The van der Waals surface area contributed by atoms with Gasteiger partial charge in [-0.05, 0) is 49.1 Å². The number of hydrogen-bond donors (Lipinski definition) is 1. The van der Waals surface area contributed by atoms with Crippen LogP contribution in [0.25, 0.3) is 0 Å². The highest BCUT2D eigenvalue weighted by atomic mass is 32.2. The minimum atomic E-state index is -0.0572. The molecule has 1 nitrogen and oxygen atoms in total. The third kappa shape index (κ3) is 5.60. The summed E-state index contributed by atoms with van der Waals surface area (Å²) >= 11 is 1.89. The summed E-state index contributed by atoms with van der Waals surface area (Å²) < 4.78 is 0. The average Bonchev–Trinajstić information content (AvgIpc) is 2.15. The molecule has 2 N–H and O–H groups in total. The Morgan fingerprint density at radius 1 is 1.00 bits per heavy atom. The summed E-state index contributed by atoms with van der Waals surface area (Å²) in [5.41, 5.74) is 7.54. The van der Waals surface area contributed by atoms with Gasteiger partial charge in [-0.1, -0.05) is 32.9 Å². The highest BCUT2D eigenvalue weighted by Gasteiger charge is 2.13. The summed E-state index contributed by atoms with van der Waals surface area (Å²) in [5, 5.41) is 0. The lowest BCUT2D eigenvalue weighted by molar-refractivity contribution is 0.506. The van der Waals surface area contributed by atoms with Crippen molar-refractivity contribution in [3.63, 3.8) is 0 Å². The Labute approximate surface area is 110 Å². The van der Waals surface area contributed by atoms with E-state index in [9.17, 15) is 0 Å². The van der Waals surface area contributed by atoms with Crippen LogP contribution >= 0.6 is 11.8 Å². The second-order valence-corrected chi connectivity index (χ2v) is 7.53. The quantitative estimate of drug-likeness (QED) is 0.811. The highest BCUT2D eigenvalue weighted by molar-refractivity contribution is 7.99. The molecule has 0 unspecified atom stereocenters. The van der Waals surface area contributed by atoms with Crippen LogP contribution in [-0.4, -0.2) is 11.3 Å². The summed E-state index contributed by atoms with van der Waals surface area (Å²) in [7, 11) is 0. The molecule has 1 aromatic rings. The Morgan fingerprint density at radius 2 is 1.53 bits per heavy atom. The first-order chi connectivity index (χ1) is 7.68. The normalized spacial score (nSPS) is 12.8. The molecule has 0 aromatic heterocycles. The van der Waals surface area contributed by atoms with Crippen LogP contribution in [0.1, 0.15) is 46.6 Å². The molecule has 0 bridgehead atoms. The van der Waals surface area contributed by atoms with Crippen LogP contribution in [0.3, 0.4) is 0 Å². The molecule has 96 valence electrons. The van der Waals surface area contributed by atoms with Crippen LogP contribution in [0.5, 0.6) is 0 Å². The summed E-state index contributed by atoms with van der Waals surface area (Å²) in [6.07, 6.45) is 1.04. The predicted octanol–water partition coefficient (Wildman–Crippen LogP) is 4.20. The minimum Gasteiger partial charge on any atom is -0.326 e. The van der Waals surface area contributed by atoms with Crippen LogP contribution in [-0.2, 0) is 5.41 Å². The van der Waals surface area contributed by atoms with E-state index in [4.69, 9.17) is 5.73 Å². The molecule has 0 amide bonds. The molecule has 0 saturated carbocycles. The van der Waals surface area contributed by atoms with Crippen molar-refractivity contribution in [3.05, 3.63) is 29.8 Å². The van der Waals surface area contributed by atoms with Crippen LogP contribution in [0.2, 0.25) is 0 Å². The monoisotopic (exact) mass is 251 g/mol. The molecule has 0 aliphatic heterocycles. The van der Waals surface area contributed by atoms with Gasteiger partial charge in [-0.3, -0.25) is 0 Å². The van der Waals surface area contributed by atoms with Crippen molar-refractivity contribution < 1.29 is 0 Å². The Bertz CT molecular complexity index is 341. The van der Waals surface area contributed by atoms with Crippen molar-refractivity contribution in [1.29, 1.82) is 0 Å². The van der Waals surface area contributed by atoms with Crippen molar-refractivity contribution >= 4 is 11.8 Å². The summed E-state index contributed by atoms with van der Waals surface area (Å²) in [5.74, 6) is 1.08. The van der Waals surface area contributed by atoms with Gasteiger partial charge in [0, 0.05) is 10.4 Å². The van der Waals surface area contributed by atoms with E-state index in [0.717, 1.165) is 12.2 Å². The lowest BCUT2D eigenvalue weighted by Crippen LogP contribution is -2.32. The van der Waals surface area contributed by atoms with Gasteiger partial charge in [0.15, 0.2) is 0 Å². The van der Waals surface area contributed by atoms with Crippen molar-refractivity contribution in [2.24, 2.45) is 5.73 Å². The van der Waals surface area contributed by atoms with Gasteiger partial charge in [0.2, 0.25) is 0 Å². The van der Waals surface area contributed by atoms with Crippen LogP contribution in [0.4, 0.5) is 0 Å². The van der Waals surface area contributed by atoms with E-state index in [2.05, 4.69) is 58.9 Å². The Hall–Kier alpha value is -0.470. The van der Waals surface area contributed by atoms with Gasteiger partial charge >= 0.3 is 0 Å². The molecule has 2 heteroatoms. The van der Waals surface area contributed by atoms with E-state index in [0.29, 0.717) is 0 Å². The fourth-order valence-corrected chi connectivity index (χ4v) is 2.68. The maximum absolute atomic E-state index is 5.97. The SMILES string of the molecule is CC(C)(N)CCSc1ccc(C(C)(C)C)cc1. The Kier molecular flexibility index (Phi) is 4.68. The van der Waals surface area contributed by atoms with E-state index in [-0.39, 0.29) is 11.0 Å². The van der Waals surface area contributed by atoms with Gasteiger partial charge in [0.25, 0.3) is 0 Å². The summed E-state index contributed by atoms with van der Waals surface area (Å²) in [4.78, 5) is 1.34. The van der Waals surface area contributed by atoms with Gasteiger partial charge < -0.3 is 5.73 Å². The van der Waals surface area contributed by atoms with Crippen molar-refractivity contribution in [2.45, 2.75) is 56.9 Å². The summed E-state index contributed by atoms with van der Waals surface area (Å²) in [6, 6.07) is 8.90. The van der Waals surface area contributed by atoms with E-state index in [1.54, 1.807) is 0 Å². The zero-order chi connectivity index (χ0) is 13.1. The van der Waals surface area contributed by atoms with Gasteiger partial charge in [-0.25, -0.2) is 0 Å². The fourth-order valence-electron chi connectivity index (χ4n) is 1.48. The highest BCUT2D eigenvalue weighted by Crippen LogP contribution is 2.26.